The number of rotatable bonds is 4. The first kappa shape index (κ1) is 17.0. The molecule has 9 nitrogen and oxygen atoms in total. The van der Waals surface area contributed by atoms with E-state index in [0.717, 1.165) is 0 Å². The summed E-state index contributed by atoms with van der Waals surface area (Å²) in [5, 5.41) is 2.69. The largest absolute Gasteiger partial charge is 0.438 e. The van der Waals surface area contributed by atoms with Gasteiger partial charge in [0.1, 0.15) is 6.10 Å². The van der Waals surface area contributed by atoms with Gasteiger partial charge >= 0.3 is 0 Å². The Morgan fingerprint density at radius 3 is 2.96 bits per heavy atom. The van der Waals surface area contributed by atoms with Crippen LogP contribution in [0, 0.1) is 6.92 Å². The standard InChI is InChI=1S/C16H19N5O4/c1-10-14(25-9-19-10)16(23)21-5-6-24-13(8-21)15-17-4-3-12(20-15)7-18-11(2)22/h3-4,9,13H,5-8H2,1-2H3,(H,18,22)/t13-/m1/s1. The lowest BCUT2D eigenvalue weighted by atomic mass is 10.2. The molecule has 0 bridgehead atoms. The maximum Gasteiger partial charge on any atom is 0.291 e. The highest BCUT2D eigenvalue weighted by Gasteiger charge is 2.30. The molecule has 3 rings (SSSR count). The minimum Gasteiger partial charge on any atom is -0.438 e. The van der Waals surface area contributed by atoms with Crippen molar-refractivity contribution in [3.05, 3.63) is 41.6 Å². The lowest BCUT2D eigenvalue weighted by molar-refractivity contribution is -0.119. The Kier molecular flexibility index (Phi) is 5.03. The number of hydrogen-bond acceptors (Lipinski definition) is 7. The van der Waals surface area contributed by atoms with Gasteiger partial charge in [0.15, 0.2) is 12.2 Å². The van der Waals surface area contributed by atoms with Crippen LogP contribution in [0.15, 0.2) is 23.1 Å². The Morgan fingerprint density at radius 2 is 2.24 bits per heavy atom. The van der Waals surface area contributed by atoms with E-state index in [1.807, 2.05) is 0 Å². The van der Waals surface area contributed by atoms with E-state index in [1.165, 1.54) is 13.3 Å². The Labute approximate surface area is 144 Å². The molecule has 1 aliphatic heterocycles. The summed E-state index contributed by atoms with van der Waals surface area (Å²) in [5.74, 6) is 0.363. The average Bonchev–Trinajstić information content (AvgIpc) is 3.05. The van der Waals surface area contributed by atoms with E-state index in [1.54, 1.807) is 24.1 Å². The minimum absolute atomic E-state index is 0.131. The predicted octanol–water partition coefficient (Wildman–Crippen LogP) is 0.623. The second kappa shape index (κ2) is 7.39. The lowest BCUT2D eigenvalue weighted by Gasteiger charge is -2.31. The van der Waals surface area contributed by atoms with E-state index < -0.39 is 6.10 Å². The molecule has 25 heavy (non-hydrogen) atoms. The molecule has 0 unspecified atom stereocenters. The van der Waals surface area contributed by atoms with Crippen molar-refractivity contribution in [2.75, 3.05) is 19.7 Å². The van der Waals surface area contributed by atoms with Gasteiger partial charge < -0.3 is 19.4 Å². The number of aromatic nitrogens is 3. The molecule has 0 aromatic carbocycles. The van der Waals surface area contributed by atoms with Crippen molar-refractivity contribution in [2.24, 2.45) is 0 Å². The number of morpholine rings is 1. The molecule has 0 aliphatic carbocycles. The number of aryl methyl sites for hydroxylation is 1. The number of oxazole rings is 1. The summed E-state index contributed by atoms with van der Waals surface area (Å²) < 4.78 is 10.9. The fourth-order valence-corrected chi connectivity index (χ4v) is 2.52. The molecular weight excluding hydrogens is 326 g/mol. The van der Waals surface area contributed by atoms with Gasteiger partial charge in [-0.15, -0.1) is 0 Å². The first-order valence-electron chi connectivity index (χ1n) is 7.92. The topological polar surface area (TPSA) is 110 Å². The van der Waals surface area contributed by atoms with E-state index in [2.05, 4.69) is 20.3 Å². The molecule has 1 atom stereocenters. The van der Waals surface area contributed by atoms with Gasteiger partial charge in [-0.05, 0) is 13.0 Å². The Morgan fingerprint density at radius 1 is 1.40 bits per heavy atom. The fraction of sp³-hybridized carbons (Fsp3) is 0.438. The van der Waals surface area contributed by atoms with E-state index in [-0.39, 0.29) is 17.6 Å². The molecule has 1 N–H and O–H groups in total. The minimum atomic E-state index is -0.432. The van der Waals surface area contributed by atoms with Gasteiger partial charge in [-0.3, -0.25) is 9.59 Å². The molecule has 0 radical (unpaired) electrons. The predicted molar refractivity (Wildman–Crippen MR) is 85.4 cm³/mol. The van der Waals surface area contributed by atoms with Crippen molar-refractivity contribution in [1.82, 2.24) is 25.2 Å². The van der Waals surface area contributed by atoms with Crippen LogP contribution in [0.4, 0.5) is 0 Å². The number of nitrogens with zero attached hydrogens (tertiary/aromatic N) is 4. The average molecular weight is 345 g/mol. The van der Waals surface area contributed by atoms with Gasteiger partial charge in [0.05, 0.1) is 31.1 Å². The molecular formula is C16H19N5O4. The maximum atomic E-state index is 12.6. The van der Waals surface area contributed by atoms with Gasteiger partial charge in [-0.1, -0.05) is 0 Å². The van der Waals surface area contributed by atoms with Gasteiger partial charge in [0.25, 0.3) is 5.91 Å². The van der Waals surface area contributed by atoms with Crippen molar-refractivity contribution >= 4 is 11.8 Å². The molecule has 0 spiro atoms. The monoisotopic (exact) mass is 345 g/mol. The summed E-state index contributed by atoms with van der Waals surface area (Å²) in [7, 11) is 0. The third-order valence-electron chi connectivity index (χ3n) is 3.83. The number of ether oxygens (including phenoxy) is 1. The number of carbonyl (C=O) groups is 2. The van der Waals surface area contributed by atoms with Crippen LogP contribution >= 0.6 is 0 Å². The molecule has 1 fully saturated rings. The summed E-state index contributed by atoms with van der Waals surface area (Å²) in [6, 6.07) is 1.73. The van der Waals surface area contributed by atoms with Crippen LogP contribution < -0.4 is 5.32 Å². The number of amides is 2. The van der Waals surface area contributed by atoms with Crippen LogP contribution in [0.3, 0.4) is 0 Å². The molecule has 2 amide bonds. The van der Waals surface area contributed by atoms with Crippen LogP contribution in [-0.4, -0.2) is 51.4 Å². The van der Waals surface area contributed by atoms with Crippen LogP contribution in [0.25, 0.3) is 0 Å². The van der Waals surface area contributed by atoms with Crippen LogP contribution in [0.1, 0.15) is 40.8 Å². The summed E-state index contributed by atoms with van der Waals surface area (Å²) in [6.07, 6.45) is 2.44. The van der Waals surface area contributed by atoms with Gasteiger partial charge in [0.2, 0.25) is 11.7 Å². The number of carbonyl (C=O) groups excluding carboxylic acids is 2. The lowest BCUT2D eigenvalue weighted by Crippen LogP contribution is -2.42. The second-order valence-electron chi connectivity index (χ2n) is 5.69. The fourth-order valence-electron chi connectivity index (χ4n) is 2.52. The molecule has 2 aromatic rings. The van der Waals surface area contributed by atoms with Crippen molar-refractivity contribution in [1.29, 1.82) is 0 Å². The van der Waals surface area contributed by atoms with Crippen LogP contribution in [-0.2, 0) is 16.1 Å². The van der Waals surface area contributed by atoms with Gasteiger partial charge in [0, 0.05) is 19.7 Å². The van der Waals surface area contributed by atoms with Crippen molar-refractivity contribution in [3.8, 4) is 0 Å². The summed E-state index contributed by atoms with van der Waals surface area (Å²) in [5.41, 5.74) is 1.24. The zero-order chi connectivity index (χ0) is 17.8. The maximum absolute atomic E-state index is 12.6. The van der Waals surface area contributed by atoms with Gasteiger partial charge in [-0.25, -0.2) is 15.0 Å². The number of nitrogens with one attached hydrogen (secondary N) is 1. The van der Waals surface area contributed by atoms with Crippen molar-refractivity contribution in [2.45, 2.75) is 26.5 Å². The molecule has 2 aromatic heterocycles. The zero-order valence-corrected chi connectivity index (χ0v) is 14.1. The third-order valence-corrected chi connectivity index (χ3v) is 3.83. The molecule has 1 saturated heterocycles. The molecule has 9 heteroatoms. The van der Waals surface area contributed by atoms with E-state index in [0.29, 0.717) is 43.5 Å². The molecule has 3 heterocycles. The third kappa shape index (κ3) is 4.00. The first-order valence-corrected chi connectivity index (χ1v) is 7.92. The highest BCUT2D eigenvalue weighted by Crippen LogP contribution is 2.21. The smallest absolute Gasteiger partial charge is 0.291 e. The first-order chi connectivity index (χ1) is 12.0. The summed E-state index contributed by atoms with van der Waals surface area (Å²) >= 11 is 0. The molecule has 1 aliphatic rings. The van der Waals surface area contributed by atoms with Gasteiger partial charge in [-0.2, -0.15) is 0 Å². The Hall–Kier alpha value is -2.81. The molecule has 132 valence electrons. The van der Waals surface area contributed by atoms with Crippen molar-refractivity contribution in [3.63, 3.8) is 0 Å². The highest BCUT2D eigenvalue weighted by molar-refractivity contribution is 5.92. The Bertz CT molecular complexity index is 775. The van der Waals surface area contributed by atoms with E-state index in [4.69, 9.17) is 9.15 Å². The van der Waals surface area contributed by atoms with E-state index >= 15 is 0 Å². The summed E-state index contributed by atoms with van der Waals surface area (Å²) in [4.78, 5) is 37.8. The van der Waals surface area contributed by atoms with E-state index in [9.17, 15) is 9.59 Å². The van der Waals surface area contributed by atoms with Crippen molar-refractivity contribution < 1.29 is 18.7 Å². The number of hydrogen-bond donors (Lipinski definition) is 1. The van der Waals surface area contributed by atoms with Crippen LogP contribution in [0.2, 0.25) is 0 Å². The second-order valence-corrected chi connectivity index (χ2v) is 5.69. The normalized spacial score (nSPS) is 17.4. The summed E-state index contributed by atoms with van der Waals surface area (Å²) in [6.45, 7) is 4.65. The SMILES string of the molecule is CC(=O)NCc1ccnc([C@H]2CN(C(=O)c3ocnc3C)CCO2)n1. The molecule has 0 saturated carbocycles. The highest BCUT2D eigenvalue weighted by atomic mass is 16.5. The zero-order valence-electron chi connectivity index (χ0n) is 14.1. The van der Waals surface area contributed by atoms with Crippen LogP contribution in [0.5, 0.6) is 0 Å². The quantitative estimate of drug-likeness (QED) is 0.865. The Balaban J connectivity index is 1.71.